The fourth-order valence-electron chi connectivity index (χ4n) is 1.22. The van der Waals surface area contributed by atoms with Crippen LogP contribution in [-0.4, -0.2) is 30.9 Å². The zero-order valence-corrected chi connectivity index (χ0v) is 10.0. The molecule has 1 aromatic carbocycles. The molecular weight excluding hydrogens is 217 g/mol. The van der Waals surface area contributed by atoms with Gasteiger partial charge in [0.2, 0.25) is 0 Å². The Morgan fingerprint density at radius 3 is 2.36 bits per heavy atom. The number of hydrogen-bond acceptors (Lipinski definition) is 1. The van der Waals surface area contributed by atoms with E-state index in [2.05, 4.69) is 36.2 Å². The van der Waals surface area contributed by atoms with Gasteiger partial charge < -0.3 is 4.90 Å². The number of nitrogens with zero attached hydrogens (tertiary/aromatic N) is 1. The second-order valence-electron chi connectivity index (χ2n) is 3.23. The Morgan fingerprint density at radius 2 is 1.79 bits per heavy atom. The van der Waals surface area contributed by atoms with Crippen LogP contribution in [0.4, 0.5) is 0 Å². The third kappa shape index (κ3) is 5.48. The van der Waals surface area contributed by atoms with Crippen LogP contribution < -0.4 is 0 Å². The summed E-state index contributed by atoms with van der Waals surface area (Å²) in [5.41, 5.74) is 1.39. The fraction of sp³-hybridized carbons (Fsp3) is 0.455. The molecule has 0 fully saturated rings. The first-order valence-corrected chi connectivity index (χ1v) is 5.15. The summed E-state index contributed by atoms with van der Waals surface area (Å²) in [5.74, 6) is 0.714. The van der Waals surface area contributed by atoms with Crippen molar-refractivity contribution in [1.82, 2.24) is 4.90 Å². The maximum Gasteiger partial charge on any atom is 0.0351 e. The van der Waals surface area contributed by atoms with Crippen LogP contribution in [0.25, 0.3) is 0 Å². The van der Waals surface area contributed by atoms with Gasteiger partial charge in [-0.3, -0.25) is 0 Å². The Labute approximate surface area is 97.5 Å². The molecule has 0 saturated carbocycles. The molecule has 0 aliphatic carbocycles. The number of alkyl halides is 1. The van der Waals surface area contributed by atoms with Crippen molar-refractivity contribution in [3.05, 3.63) is 35.9 Å². The number of rotatable bonds is 5. The number of likely N-dealkylation sites (N-methyl/N-ethyl adjacent to an activating group) is 1. The zero-order valence-electron chi connectivity index (χ0n) is 8.45. The Balaban J connectivity index is 0.00000169. The van der Waals surface area contributed by atoms with Crippen molar-refractivity contribution in [2.75, 3.05) is 26.0 Å². The van der Waals surface area contributed by atoms with E-state index in [0.717, 1.165) is 19.5 Å². The molecular formula is C11H17Cl2N. The zero-order chi connectivity index (χ0) is 9.52. The lowest BCUT2D eigenvalue weighted by Gasteiger charge is -2.14. The molecule has 0 N–H and O–H groups in total. The van der Waals surface area contributed by atoms with Crippen LogP contribution in [0.3, 0.4) is 0 Å². The molecule has 0 aliphatic heterocycles. The minimum absolute atomic E-state index is 0. The highest BCUT2D eigenvalue weighted by Crippen LogP contribution is 2.00. The van der Waals surface area contributed by atoms with E-state index in [1.54, 1.807) is 0 Å². The molecule has 0 unspecified atom stereocenters. The van der Waals surface area contributed by atoms with E-state index in [0.29, 0.717) is 5.88 Å². The van der Waals surface area contributed by atoms with E-state index in [1.807, 2.05) is 6.07 Å². The maximum absolute atomic E-state index is 5.64. The van der Waals surface area contributed by atoms with Crippen molar-refractivity contribution in [2.45, 2.75) is 6.42 Å². The predicted octanol–water partition coefficient (Wildman–Crippen LogP) is 2.82. The van der Waals surface area contributed by atoms with Gasteiger partial charge in [-0.1, -0.05) is 30.3 Å². The highest BCUT2D eigenvalue weighted by atomic mass is 35.5. The summed E-state index contributed by atoms with van der Waals surface area (Å²) in [5, 5.41) is 0. The van der Waals surface area contributed by atoms with Crippen molar-refractivity contribution >= 4 is 24.0 Å². The first kappa shape index (κ1) is 13.8. The molecule has 0 bridgehead atoms. The van der Waals surface area contributed by atoms with Crippen LogP contribution in [0.2, 0.25) is 0 Å². The summed E-state index contributed by atoms with van der Waals surface area (Å²) < 4.78 is 0. The van der Waals surface area contributed by atoms with Crippen LogP contribution >= 0.6 is 24.0 Å². The summed E-state index contributed by atoms with van der Waals surface area (Å²) in [6.07, 6.45) is 1.11. The first-order valence-electron chi connectivity index (χ1n) is 4.61. The van der Waals surface area contributed by atoms with Gasteiger partial charge in [-0.15, -0.1) is 24.0 Å². The molecule has 0 atom stereocenters. The van der Waals surface area contributed by atoms with Gasteiger partial charge in [-0.05, 0) is 19.0 Å². The summed E-state index contributed by atoms with van der Waals surface area (Å²) in [4.78, 5) is 2.25. The highest BCUT2D eigenvalue weighted by Gasteiger charge is 1.97. The Bertz CT molecular complexity index is 226. The molecule has 0 spiro atoms. The molecule has 0 heterocycles. The summed E-state index contributed by atoms with van der Waals surface area (Å²) in [7, 11) is 2.10. The van der Waals surface area contributed by atoms with Gasteiger partial charge >= 0.3 is 0 Å². The SMILES string of the molecule is CN(CCCl)CCc1ccccc1.Cl. The van der Waals surface area contributed by atoms with Crippen molar-refractivity contribution in [3.8, 4) is 0 Å². The molecule has 80 valence electrons. The molecule has 0 radical (unpaired) electrons. The molecule has 14 heavy (non-hydrogen) atoms. The van der Waals surface area contributed by atoms with E-state index in [1.165, 1.54) is 5.56 Å². The van der Waals surface area contributed by atoms with Gasteiger partial charge in [0.25, 0.3) is 0 Å². The molecule has 1 rings (SSSR count). The Morgan fingerprint density at radius 1 is 1.14 bits per heavy atom. The van der Waals surface area contributed by atoms with E-state index in [-0.39, 0.29) is 12.4 Å². The van der Waals surface area contributed by atoms with E-state index in [4.69, 9.17) is 11.6 Å². The monoisotopic (exact) mass is 233 g/mol. The molecule has 1 nitrogen and oxygen atoms in total. The summed E-state index contributed by atoms with van der Waals surface area (Å²) in [6.45, 7) is 2.05. The van der Waals surface area contributed by atoms with Gasteiger partial charge in [0.15, 0.2) is 0 Å². The van der Waals surface area contributed by atoms with Gasteiger partial charge in [-0.2, -0.15) is 0 Å². The number of hydrogen-bond donors (Lipinski definition) is 0. The first-order chi connectivity index (χ1) is 6.33. The standard InChI is InChI=1S/C11H16ClN.ClH/c1-13(10-8-12)9-7-11-5-3-2-4-6-11;/h2-6H,7-10H2,1H3;1H. The molecule has 0 saturated heterocycles. The smallest absolute Gasteiger partial charge is 0.0351 e. The fourth-order valence-corrected chi connectivity index (χ4v) is 1.51. The van der Waals surface area contributed by atoms with E-state index >= 15 is 0 Å². The topological polar surface area (TPSA) is 3.24 Å². The van der Waals surface area contributed by atoms with Crippen LogP contribution in [-0.2, 0) is 6.42 Å². The van der Waals surface area contributed by atoms with Crippen molar-refractivity contribution in [1.29, 1.82) is 0 Å². The average Bonchev–Trinajstić information content (AvgIpc) is 2.17. The van der Waals surface area contributed by atoms with Crippen LogP contribution in [0.15, 0.2) is 30.3 Å². The van der Waals surface area contributed by atoms with E-state index in [9.17, 15) is 0 Å². The minimum atomic E-state index is 0. The van der Waals surface area contributed by atoms with Crippen LogP contribution in [0.5, 0.6) is 0 Å². The normalized spacial score (nSPS) is 9.93. The Hall–Kier alpha value is -0.240. The second-order valence-corrected chi connectivity index (χ2v) is 3.61. The lowest BCUT2D eigenvalue weighted by atomic mass is 10.1. The summed E-state index contributed by atoms with van der Waals surface area (Å²) >= 11 is 5.64. The van der Waals surface area contributed by atoms with Gasteiger partial charge in [-0.25, -0.2) is 0 Å². The molecule has 1 aromatic rings. The third-order valence-corrected chi connectivity index (χ3v) is 2.26. The second kappa shape index (κ2) is 8.10. The lowest BCUT2D eigenvalue weighted by Crippen LogP contribution is -2.23. The largest absolute Gasteiger partial charge is 0.305 e. The van der Waals surface area contributed by atoms with Gasteiger partial charge in [0.05, 0.1) is 0 Å². The van der Waals surface area contributed by atoms with Crippen LogP contribution in [0.1, 0.15) is 5.56 Å². The molecule has 0 aromatic heterocycles. The van der Waals surface area contributed by atoms with Crippen molar-refractivity contribution in [3.63, 3.8) is 0 Å². The van der Waals surface area contributed by atoms with Crippen LogP contribution in [0, 0.1) is 0 Å². The lowest BCUT2D eigenvalue weighted by molar-refractivity contribution is 0.359. The molecule has 0 aliphatic rings. The maximum atomic E-state index is 5.64. The van der Waals surface area contributed by atoms with Gasteiger partial charge in [0.1, 0.15) is 0 Å². The third-order valence-electron chi connectivity index (χ3n) is 2.09. The average molecular weight is 234 g/mol. The molecule has 0 amide bonds. The predicted molar refractivity (Wildman–Crippen MR) is 65.6 cm³/mol. The molecule has 3 heteroatoms. The highest BCUT2D eigenvalue weighted by molar-refractivity contribution is 6.18. The van der Waals surface area contributed by atoms with Gasteiger partial charge in [0, 0.05) is 19.0 Å². The van der Waals surface area contributed by atoms with E-state index < -0.39 is 0 Å². The minimum Gasteiger partial charge on any atom is -0.305 e. The van der Waals surface area contributed by atoms with Crippen molar-refractivity contribution < 1.29 is 0 Å². The Kier molecular flexibility index (Phi) is 7.96. The quantitative estimate of drug-likeness (QED) is 0.708. The number of halogens is 2. The summed E-state index contributed by atoms with van der Waals surface area (Å²) in [6, 6.07) is 10.5. The number of benzene rings is 1. The van der Waals surface area contributed by atoms with Crippen molar-refractivity contribution in [2.24, 2.45) is 0 Å².